The number of nitriles is 1. The number of ether oxygens (including phenoxy) is 1. The van der Waals surface area contributed by atoms with Crippen LogP contribution in [0.25, 0.3) is 17.4 Å². The van der Waals surface area contributed by atoms with E-state index in [4.69, 9.17) is 9.15 Å². The van der Waals surface area contributed by atoms with E-state index in [1.165, 1.54) is 24.3 Å². The summed E-state index contributed by atoms with van der Waals surface area (Å²) < 4.78 is 35.3. The van der Waals surface area contributed by atoms with E-state index in [0.717, 1.165) is 6.08 Å². The number of sulfone groups is 1. The van der Waals surface area contributed by atoms with Crippen LogP contribution < -0.4 is 10.1 Å². The Bertz CT molecular complexity index is 1470. The van der Waals surface area contributed by atoms with Crippen LogP contribution in [0.5, 0.6) is 5.75 Å². The smallest absolute Gasteiger partial charge is 0.284 e. The molecular formula is C22H21N5O7S2. The Balaban J connectivity index is 1.81. The second-order valence-corrected chi connectivity index (χ2v) is 10.9. The summed E-state index contributed by atoms with van der Waals surface area (Å²) in [6.45, 7) is 5.60. The lowest BCUT2D eigenvalue weighted by Crippen LogP contribution is -2.13. The van der Waals surface area contributed by atoms with Crippen LogP contribution in [0, 0.1) is 27.4 Å². The lowest BCUT2D eigenvalue weighted by molar-refractivity contribution is -0.384. The Morgan fingerprint density at radius 2 is 2.08 bits per heavy atom. The highest BCUT2D eigenvalue weighted by Crippen LogP contribution is 2.34. The zero-order valence-corrected chi connectivity index (χ0v) is 21.1. The van der Waals surface area contributed by atoms with Crippen molar-refractivity contribution in [2.24, 2.45) is 5.92 Å². The van der Waals surface area contributed by atoms with Gasteiger partial charge in [-0.3, -0.25) is 20.2 Å². The van der Waals surface area contributed by atoms with E-state index in [0.29, 0.717) is 23.7 Å². The number of furan rings is 1. The minimum Gasteiger partial charge on any atom is -0.494 e. The second kappa shape index (κ2) is 11.1. The Labute approximate surface area is 210 Å². The van der Waals surface area contributed by atoms with E-state index in [2.05, 4.69) is 15.5 Å². The molecule has 0 unspecified atom stereocenters. The van der Waals surface area contributed by atoms with Gasteiger partial charge in [-0.05, 0) is 37.1 Å². The number of carbonyl (C=O) groups excluding carboxylic acids is 1. The molecule has 1 amide bonds. The van der Waals surface area contributed by atoms with Gasteiger partial charge in [-0.25, -0.2) is 8.42 Å². The number of hydrogen-bond acceptors (Lipinski definition) is 11. The van der Waals surface area contributed by atoms with Crippen LogP contribution in [0.4, 0.5) is 10.8 Å². The van der Waals surface area contributed by atoms with E-state index in [-0.39, 0.29) is 49.5 Å². The summed E-state index contributed by atoms with van der Waals surface area (Å²) in [6.07, 6.45) is 1.15. The van der Waals surface area contributed by atoms with Crippen molar-refractivity contribution < 1.29 is 27.3 Å². The molecule has 188 valence electrons. The SMILES string of the molecule is CCOc1ccc(-c2ccc(/C=C(/C#N)C(=O)Nc3nnc(S(=O)(=O)CC(C)C)s3)o2)c([N+](=O)[O-])c1. The largest absolute Gasteiger partial charge is 0.494 e. The van der Waals surface area contributed by atoms with Crippen LogP contribution >= 0.6 is 11.3 Å². The first-order chi connectivity index (χ1) is 17.0. The topological polar surface area (TPSA) is 178 Å². The molecule has 0 spiro atoms. The molecule has 14 heteroatoms. The third-order valence-electron chi connectivity index (χ3n) is 4.47. The molecule has 3 aromatic rings. The molecule has 1 aromatic carbocycles. The first-order valence-electron chi connectivity index (χ1n) is 10.5. The Morgan fingerprint density at radius 1 is 1.33 bits per heavy atom. The number of rotatable bonds is 10. The van der Waals surface area contributed by atoms with Crippen molar-refractivity contribution >= 4 is 44.0 Å². The minimum absolute atomic E-state index is 0.0892. The predicted octanol–water partition coefficient (Wildman–Crippen LogP) is 4.08. The Hall–Kier alpha value is -4.09. The quantitative estimate of drug-likeness (QED) is 0.132. The normalized spacial score (nSPS) is 11.8. The monoisotopic (exact) mass is 531 g/mol. The second-order valence-electron chi connectivity index (χ2n) is 7.74. The van der Waals surface area contributed by atoms with Crippen molar-refractivity contribution in [2.75, 3.05) is 17.7 Å². The average molecular weight is 532 g/mol. The molecule has 0 atom stereocenters. The molecule has 3 rings (SSSR count). The fourth-order valence-electron chi connectivity index (χ4n) is 3.05. The number of benzene rings is 1. The number of hydrogen-bond donors (Lipinski definition) is 1. The van der Waals surface area contributed by atoms with Crippen molar-refractivity contribution in [3.05, 3.63) is 51.8 Å². The average Bonchev–Trinajstić information content (AvgIpc) is 3.47. The molecule has 0 saturated carbocycles. The van der Waals surface area contributed by atoms with E-state index >= 15 is 0 Å². The zero-order chi connectivity index (χ0) is 26.5. The van der Waals surface area contributed by atoms with Gasteiger partial charge in [-0.15, -0.1) is 10.2 Å². The third-order valence-corrected chi connectivity index (χ3v) is 7.83. The van der Waals surface area contributed by atoms with Crippen LogP contribution in [0.15, 0.2) is 44.7 Å². The van der Waals surface area contributed by atoms with Gasteiger partial charge in [0.15, 0.2) is 0 Å². The third kappa shape index (κ3) is 6.32. The maximum atomic E-state index is 12.5. The highest BCUT2D eigenvalue weighted by atomic mass is 32.2. The fourth-order valence-corrected chi connectivity index (χ4v) is 5.66. The molecular weight excluding hydrogens is 510 g/mol. The first kappa shape index (κ1) is 26.5. The molecule has 0 saturated heterocycles. The van der Waals surface area contributed by atoms with Gasteiger partial charge in [0, 0.05) is 6.08 Å². The number of nitrogens with zero attached hydrogens (tertiary/aromatic N) is 4. The maximum absolute atomic E-state index is 12.5. The highest BCUT2D eigenvalue weighted by molar-refractivity contribution is 7.93. The van der Waals surface area contributed by atoms with Gasteiger partial charge >= 0.3 is 0 Å². The lowest BCUT2D eigenvalue weighted by Gasteiger charge is -2.05. The molecule has 1 N–H and O–H groups in total. The molecule has 0 aliphatic rings. The van der Waals surface area contributed by atoms with Crippen molar-refractivity contribution in [2.45, 2.75) is 25.1 Å². The molecule has 0 fully saturated rings. The van der Waals surface area contributed by atoms with Crippen molar-refractivity contribution in [3.63, 3.8) is 0 Å². The van der Waals surface area contributed by atoms with E-state index in [9.17, 15) is 28.6 Å². The van der Waals surface area contributed by atoms with Gasteiger partial charge < -0.3 is 9.15 Å². The number of anilines is 1. The van der Waals surface area contributed by atoms with Crippen molar-refractivity contribution in [1.29, 1.82) is 5.26 Å². The summed E-state index contributed by atoms with van der Waals surface area (Å²) in [5, 5.41) is 30.5. The molecule has 0 bridgehead atoms. The fraction of sp³-hybridized carbons (Fsp3) is 0.273. The van der Waals surface area contributed by atoms with Crippen molar-refractivity contribution in [3.8, 4) is 23.1 Å². The maximum Gasteiger partial charge on any atom is 0.284 e. The van der Waals surface area contributed by atoms with Gasteiger partial charge in [0.1, 0.15) is 28.9 Å². The van der Waals surface area contributed by atoms with Gasteiger partial charge in [0.25, 0.3) is 11.6 Å². The summed E-state index contributed by atoms with van der Waals surface area (Å²) >= 11 is 0.678. The standard InChI is InChI=1S/C22H21N5O7S2/c1-4-33-15-5-7-17(18(10-15)27(29)30)19-8-6-16(34-19)9-14(11-23)20(28)24-21-25-26-22(35-21)36(31,32)12-13(2)3/h5-10,13H,4,12H2,1-3H3,(H,24,25,28)/b14-9-. The molecule has 0 aliphatic heterocycles. The zero-order valence-electron chi connectivity index (χ0n) is 19.4. The van der Waals surface area contributed by atoms with Crippen LogP contribution in [0.2, 0.25) is 0 Å². The van der Waals surface area contributed by atoms with Gasteiger partial charge in [0.2, 0.25) is 19.3 Å². The summed E-state index contributed by atoms with van der Waals surface area (Å²) in [6, 6.07) is 8.98. The number of nitro benzene ring substituents is 1. The Kier molecular flexibility index (Phi) is 8.18. The molecule has 2 heterocycles. The van der Waals surface area contributed by atoms with Gasteiger partial charge in [-0.2, -0.15) is 5.26 Å². The van der Waals surface area contributed by atoms with Crippen LogP contribution in [0.1, 0.15) is 26.5 Å². The predicted molar refractivity (Wildman–Crippen MR) is 131 cm³/mol. The Morgan fingerprint density at radius 3 is 2.72 bits per heavy atom. The molecule has 2 aromatic heterocycles. The van der Waals surface area contributed by atoms with E-state index in [1.54, 1.807) is 32.9 Å². The minimum atomic E-state index is -3.65. The van der Waals surface area contributed by atoms with Gasteiger partial charge in [-0.1, -0.05) is 25.2 Å². The molecule has 0 aliphatic carbocycles. The van der Waals surface area contributed by atoms with Crippen LogP contribution in [-0.2, 0) is 14.6 Å². The highest BCUT2D eigenvalue weighted by Gasteiger charge is 2.23. The number of nitro groups is 1. The first-order valence-corrected chi connectivity index (χ1v) is 13.0. The molecule has 12 nitrogen and oxygen atoms in total. The van der Waals surface area contributed by atoms with Crippen LogP contribution in [-0.4, -0.2) is 41.8 Å². The number of nitrogens with one attached hydrogen (secondary N) is 1. The van der Waals surface area contributed by atoms with Crippen LogP contribution in [0.3, 0.4) is 0 Å². The summed E-state index contributed by atoms with van der Waals surface area (Å²) in [5.74, 6) is -0.513. The summed E-state index contributed by atoms with van der Waals surface area (Å²) in [7, 11) is -3.65. The molecule has 0 radical (unpaired) electrons. The van der Waals surface area contributed by atoms with Gasteiger partial charge in [0.05, 0.1) is 28.9 Å². The number of carbonyl (C=O) groups is 1. The number of aromatic nitrogens is 2. The number of amides is 1. The van der Waals surface area contributed by atoms with E-state index < -0.39 is 20.7 Å². The van der Waals surface area contributed by atoms with E-state index in [1.807, 2.05) is 0 Å². The lowest BCUT2D eigenvalue weighted by atomic mass is 10.1. The van der Waals surface area contributed by atoms with Crippen molar-refractivity contribution in [1.82, 2.24) is 10.2 Å². The summed E-state index contributed by atoms with van der Waals surface area (Å²) in [4.78, 5) is 23.5. The molecule has 36 heavy (non-hydrogen) atoms. The summed E-state index contributed by atoms with van der Waals surface area (Å²) in [5.41, 5.74) is -0.405.